The molecule has 1 fully saturated rings. The lowest BCUT2D eigenvalue weighted by Gasteiger charge is -2.34. The van der Waals surface area contributed by atoms with E-state index in [4.69, 9.17) is 0 Å². The van der Waals surface area contributed by atoms with Crippen LogP contribution in [0.1, 0.15) is 12.5 Å². The van der Waals surface area contributed by atoms with Gasteiger partial charge in [0.2, 0.25) is 15.9 Å². The van der Waals surface area contributed by atoms with Gasteiger partial charge < -0.3 is 4.90 Å². The van der Waals surface area contributed by atoms with E-state index >= 15 is 0 Å². The zero-order chi connectivity index (χ0) is 16.9. The van der Waals surface area contributed by atoms with Crippen LogP contribution in [-0.2, 0) is 21.4 Å². The van der Waals surface area contributed by atoms with Crippen LogP contribution in [0, 0.1) is 0 Å². The zero-order valence-corrected chi connectivity index (χ0v) is 14.6. The zero-order valence-electron chi connectivity index (χ0n) is 13.8. The van der Waals surface area contributed by atoms with Crippen LogP contribution in [-0.4, -0.2) is 74.0 Å². The first-order valence-electron chi connectivity index (χ1n) is 7.89. The van der Waals surface area contributed by atoms with Gasteiger partial charge in [-0.25, -0.2) is 8.42 Å². The summed E-state index contributed by atoms with van der Waals surface area (Å²) in [5.41, 5.74) is 1.12. The molecule has 0 unspecified atom stereocenters. The predicted molar refractivity (Wildman–Crippen MR) is 90.4 cm³/mol. The molecule has 1 saturated heterocycles. The largest absolute Gasteiger partial charge is 0.338 e. The highest BCUT2D eigenvalue weighted by Crippen LogP contribution is 2.08. The predicted octanol–water partition coefficient (Wildman–Crippen LogP) is 0.612. The molecule has 2 rings (SSSR count). The van der Waals surface area contributed by atoms with Crippen LogP contribution in [0.3, 0.4) is 0 Å². The maximum absolute atomic E-state index is 12.5. The van der Waals surface area contributed by atoms with Gasteiger partial charge in [-0.15, -0.1) is 0 Å². The van der Waals surface area contributed by atoms with Gasteiger partial charge in [0.05, 0.1) is 12.8 Å². The van der Waals surface area contributed by atoms with E-state index in [1.54, 1.807) is 0 Å². The van der Waals surface area contributed by atoms with E-state index in [2.05, 4.69) is 0 Å². The fourth-order valence-electron chi connectivity index (χ4n) is 2.69. The van der Waals surface area contributed by atoms with Crippen LogP contribution >= 0.6 is 0 Å². The number of hydrogen-bond donors (Lipinski definition) is 0. The molecule has 1 heterocycles. The van der Waals surface area contributed by atoms with Crippen molar-refractivity contribution in [2.45, 2.75) is 13.5 Å². The molecule has 0 spiro atoms. The number of carbonyl (C=O) groups excluding carboxylic acids is 1. The summed E-state index contributed by atoms with van der Waals surface area (Å²) in [6, 6.07) is 9.93. The monoisotopic (exact) mass is 339 g/mol. The Kier molecular flexibility index (Phi) is 6.15. The molecule has 0 N–H and O–H groups in total. The fourth-order valence-corrected chi connectivity index (χ4v) is 3.52. The molecular weight excluding hydrogens is 314 g/mol. The topological polar surface area (TPSA) is 60.9 Å². The van der Waals surface area contributed by atoms with Crippen LogP contribution in [0.25, 0.3) is 0 Å². The first-order valence-corrected chi connectivity index (χ1v) is 9.74. The summed E-state index contributed by atoms with van der Waals surface area (Å²) < 4.78 is 24.5. The van der Waals surface area contributed by atoms with Gasteiger partial charge in [-0.2, -0.15) is 4.31 Å². The van der Waals surface area contributed by atoms with Crippen molar-refractivity contribution in [1.82, 2.24) is 14.1 Å². The standard InChI is InChI=1S/C16H25N3O3S/c1-3-18(13-15-7-5-4-6-8-15)16(20)14-17-9-11-19(12-10-17)23(2,21)22/h4-8H,3,9-14H2,1-2H3. The van der Waals surface area contributed by atoms with Crippen LogP contribution in [0.5, 0.6) is 0 Å². The Morgan fingerprint density at radius 1 is 1.13 bits per heavy atom. The highest BCUT2D eigenvalue weighted by molar-refractivity contribution is 7.88. The van der Waals surface area contributed by atoms with Crippen molar-refractivity contribution >= 4 is 15.9 Å². The van der Waals surface area contributed by atoms with Crippen molar-refractivity contribution < 1.29 is 13.2 Å². The number of amides is 1. The van der Waals surface area contributed by atoms with Crippen molar-refractivity contribution in [1.29, 1.82) is 0 Å². The molecule has 128 valence electrons. The highest BCUT2D eigenvalue weighted by Gasteiger charge is 2.25. The van der Waals surface area contributed by atoms with Crippen LogP contribution in [0.15, 0.2) is 30.3 Å². The van der Waals surface area contributed by atoms with Gasteiger partial charge in [-0.3, -0.25) is 9.69 Å². The number of nitrogens with zero attached hydrogens (tertiary/aromatic N) is 3. The Bertz CT molecular complexity index is 611. The van der Waals surface area contributed by atoms with Gasteiger partial charge in [0.25, 0.3) is 0 Å². The Hall–Kier alpha value is -1.44. The molecular formula is C16H25N3O3S. The van der Waals surface area contributed by atoms with Gasteiger partial charge in [0, 0.05) is 39.3 Å². The third kappa shape index (κ3) is 5.30. The Labute approximate surface area is 138 Å². The lowest BCUT2D eigenvalue weighted by Crippen LogP contribution is -2.51. The summed E-state index contributed by atoms with van der Waals surface area (Å²) in [5, 5.41) is 0. The molecule has 6 nitrogen and oxygen atoms in total. The van der Waals surface area contributed by atoms with Crippen molar-refractivity contribution in [3.8, 4) is 0 Å². The van der Waals surface area contributed by atoms with E-state index in [0.29, 0.717) is 45.8 Å². The molecule has 0 bridgehead atoms. The molecule has 0 atom stereocenters. The SMILES string of the molecule is CCN(Cc1ccccc1)C(=O)CN1CCN(S(C)(=O)=O)CC1. The number of piperazine rings is 1. The molecule has 1 aromatic carbocycles. The highest BCUT2D eigenvalue weighted by atomic mass is 32.2. The summed E-state index contributed by atoms with van der Waals surface area (Å²) in [5.74, 6) is 0.0872. The average molecular weight is 339 g/mol. The summed E-state index contributed by atoms with van der Waals surface area (Å²) >= 11 is 0. The second-order valence-electron chi connectivity index (χ2n) is 5.83. The quantitative estimate of drug-likeness (QED) is 0.762. The van der Waals surface area contributed by atoms with Gasteiger partial charge in [0.15, 0.2) is 0 Å². The number of carbonyl (C=O) groups is 1. The minimum absolute atomic E-state index is 0.0872. The van der Waals surface area contributed by atoms with Crippen molar-refractivity contribution in [3.05, 3.63) is 35.9 Å². The maximum Gasteiger partial charge on any atom is 0.237 e. The second kappa shape index (κ2) is 7.90. The maximum atomic E-state index is 12.5. The molecule has 1 aromatic rings. The normalized spacial score (nSPS) is 17.1. The third-order valence-corrected chi connectivity index (χ3v) is 5.41. The van der Waals surface area contributed by atoms with Crippen molar-refractivity contribution in [2.24, 2.45) is 0 Å². The summed E-state index contributed by atoms with van der Waals surface area (Å²) in [7, 11) is -3.13. The van der Waals surface area contributed by atoms with E-state index in [0.717, 1.165) is 5.56 Å². The second-order valence-corrected chi connectivity index (χ2v) is 7.81. The number of likely N-dealkylation sites (N-methyl/N-ethyl adjacent to an activating group) is 1. The average Bonchev–Trinajstić information content (AvgIpc) is 2.53. The minimum atomic E-state index is -3.13. The summed E-state index contributed by atoms with van der Waals surface area (Å²) in [4.78, 5) is 16.3. The first-order chi connectivity index (χ1) is 10.9. The van der Waals surface area contributed by atoms with Crippen molar-refractivity contribution in [2.75, 3.05) is 45.5 Å². The number of benzene rings is 1. The minimum Gasteiger partial charge on any atom is -0.338 e. The van der Waals surface area contributed by atoms with Gasteiger partial charge >= 0.3 is 0 Å². The molecule has 0 saturated carbocycles. The number of rotatable bonds is 6. The van der Waals surface area contributed by atoms with E-state index < -0.39 is 10.0 Å². The molecule has 1 aliphatic heterocycles. The van der Waals surface area contributed by atoms with Crippen LogP contribution < -0.4 is 0 Å². The molecule has 23 heavy (non-hydrogen) atoms. The molecule has 1 amide bonds. The fraction of sp³-hybridized carbons (Fsp3) is 0.562. The number of sulfonamides is 1. The van der Waals surface area contributed by atoms with E-state index in [1.807, 2.05) is 47.1 Å². The molecule has 0 radical (unpaired) electrons. The van der Waals surface area contributed by atoms with Crippen molar-refractivity contribution in [3.63, 3.8) is 0 Å². The Morgan fingerprint density at radius 3 is 2.26 bits per heavy atom. The third-order valence-electron chi connectivity index (χ3n) is 4.11. The molecule has 0 aromatic heterocycles. The van der Waals surface area contributed by atoms with Gasteiger partial charge in [-0.05, 0) is 12.5 Å². The Morgan fingerprint density at radius 2 is 1.74 bits per heavy atom. The first kappa shape index (κ1) is 17.9. The van der Waals surface area contributed by atoms with E-state index in [9.17, 15) is 13.2 Å². The lowest BCUT2D eigenvalue weighted by atomic mass is 10.2. The smallest absolute Gasteiger partial charge is 0.237 e. The van der Waals surface area contributed by atoms with E-state index in [-0.39, 0.29) is 5.91 Å². The molecule has 7 heteroatoms. The Balaban J connectivity index is 1.86. The lowest BCUT2D eigenvalue weighted by molar-refractivity contribution is -0.133. The summed E-state index contributed by atoms with van der Waals surface area (Å²) in [6.07, 6.45) is 1.23. The van der Waals surface area contributed by atoms with E-state index in [1.165, 1.54) is 10.6 Å². The summed E-state index contributed by atoms with van der Waals surface area (Å²) in [6.45, 7) is 5.70. The number of hydrogen-bond acceptors (Lipinski definition) is 4. The molecule has 0 aliphatic carbocycles. The van der Waals surface area contributed by atoms with Crippen LogP contribution in [0.2, 0.25) is 0 Å². The molecule has 1 aliphatic rings. The van der Waals surface area contributed by atoms with Crippen LogP contribution in [0.4, 0.5) is 0 Å². The van der Waals surface area contributed by atoms with Gasteiger partial charge in [-0.1, -0.05) is 30.3 Å². The van der Waals surface area contributed by atoms with Gasteiger partial charge in [0.1, 0.15) is 0 Å².